The van der Waals surface area contributed by atoms with Crippen LogP contribution < -0.4 is 10.1 Å². The molecule has 13 heteroatoms. The van der Waals surface area contributed by atoms with Crippen molar-refractivity contribution in [1.29, 1.82) is 0 Å². The maximum Gasteiger partial charge on any atom is 0.258 e. The first-order valence-corrected chi connectivity index (χ1v) is 15.8. The van der Waals surface area contributed by atoms with Gasteiger partial charge in [-0.1, -0.05) is 48.2 Å². The van der Waals surface area contributed by atoms with Gasteiger partial charge in [-0.15, -0.1) is 21.5 Å². The van der Waals surface area contributed by atoms with E-state index in [4.69, 9.17) is 4.74 Å². The van der Waals surface area contributed by atoms with Gasteiger partial charge in [0.2, 0.25) is 0 Å². The van der Waals surface area contributed by atoms with E-state index >= 15 is 0 Å². The standard InChI is InChI=1S/C32H26F2N6O3S2/c33-22-10-8-21(9-11-22)27-17-26(28-7-4-16-44-28)38-40(27)31(42)20-45-32-37-36-29(39(32)24-14-12-23(34)13-15-24)18-35-30(41)19-43-25-5-2-1-3-6-25/h1-16,27H,17-20H2,(H,35,41)/t27-/m1/s1. The Hall–Kier alpha value is -4.88. The molecule has 1 atom stereocenters. The van der Waals surface area contributed by atoms with E-state index in [1.54, 1.807) is 41.0 Å². The van der Waals surface area contributed by atoms with E-state index in [0.29, 0.717) is 28.8 Å². The van der Waals surface area contributed by atoms with Crippen LogP contribution in [0.4, 0.5) is 8.78 Å². The van der Waals surface area contributed by atoms with Crippen molar-refractivity contribution in [3.05, 3.63) is 124 Å². The van der Waals surface area contributed by atoms with Gasteiger partial charge < -0.3 is 10.1 Å². The smallest absolute Gasteiger partial charge is 0.258 e. The van der Waals surface area contributed by atoms with Gasteiger partial charge in [-0.3, -0.25) is 14.2 Å². The fourth-order valence-electron chi connectivity index (χ4n) is 4.72. The number of para-hydroxylation sites is 1. The molecule has 228 valence electrons. The molecule has 45 heavy (non-hydrogen) atoms. The molecular weight excluding hydrogens is 619 g/mol. The van der Waals surface area contributed by atoms with Crippen molar-refractivity contribution < 1.29 is 23.1 Å². The molecule has 1 aliphatic rings. The van der Waals surface area contributed by atoms with Gasteiger partial charge in [-0.2, -0.15) is 5.10 Å². The number of thioether (sulfide) groups is 1. The molecule has 3 aromatic carbocycles. The molecule has 0 unspecified atom stereocenters. The van der Waals surface area contributed by atoms with Crippen molar-refractivity contribution in [2.75, 3.05) is 12.4 Å². The second kappa shape index (κ2) is 13.8. The van der Waals surface area contributed by atoms with E-state index in [2.05, 4.69) is 20.6 Å². The number of nitrogens with zero attached hydrogens (tertiary/aromatic N) is 5. The number of hydrazone groups is 1. The van der Waals surface area contributed by atoms with Gasteiger partial charge in [0.15, 0.2) is 17.6 Å². The van der Waals surface area contributed by atoms with E-state index in [0.717, 1.165) is 27.9 Å². The first-order chi connectivity index (χ1) is 21.9. The molecule has 0 bridgehead atoms. The number of thiophene rings is 1. The van der Waals surface area contributed by atoms with Crippen molar-refractivity contribution in [3.8, 4) is 11.4 Å². The molecule has 9 nitrogen and oxygen atoms in total. The molecule has 2 amide bonds. The number of carbonyl (C=O) groups is 2. The number of nitrogens with one attached hydrogen (secondary N) is 1. The molecule has 0 saturated heterocycles. The van der Waals surface area contributed by atoms with Crippen molar-refractivity contribution in [2.45, 2.75) is 24.2 Å². The number of ether oxygens (including phenoxy) is 1. The predicted molar refractivity (Wildman–Crippen MR) is 167 cm³/mol. The molecular formula is C32H26F2N6O3S2. The zero-order chi connectivity index (χ0) is 31.2. The van der Waals surface area contributed by atoms with Crippen LogP contribution in [0.3, 0.4) is 0 Å². The molecule has 0 radical (unpaired) electrons. The number of hydrogen-bond acceptors (Lipinski definition) is 8. The highest BCUT2D eigenvalue weighted by Crippen LogP contribution is 2.35. The molecule has 1 N–H and O–H groups in total. The molecule has 0 fully saturated rings. The minimum absolute atomic E-state index is 0.0170. The lowest BCUT2D eigenvalue weighted by Gasteiger charge is -2.22. The lowest BCUT2D eigenvalue weighted by Crippen LogP contribution is -2.29. The Kier molecular flexibility index (Phi) is 9.27. The molecule has 5 aromatic rings. The van der Waals surface area contributed by atoms with Crippen LogP contribution in [0.15, 0.2) is 107 Å². The minimum Gasteiger partial charge on any atom is -0.484 e. The molecule has 0 spiro atoms. The van der Waals surface area contributed by atoms with Crippen LogP contribution in [-0.4, -0.2) is 49.7 Å². The summed E-state index contributed by atoms with van der Waals surface area (Å²) in [6.45, 7) is -0.174. The van der Waals surface area contributed by atoms with Gasteiger partial charge in [0.25, 0.3) is 11.8 Å². The molecule has 1 aliphatic heterocycles. The number of carbonyl (C=O) groups excluding carboxylic acids is 2. The summed E-state index contributed by atoms with van der Waals surface area (Å²) in [4.78, 5) is 27.1. The zero-order valence-corrected chi connectivity index (χ0v) is 25.3. The topological polar surface area (TPSA) is 102 Å². The summed E-state index contributed by atoms with van der Waals surface area (Å²) in [5.41, 5.74) is 2.11. The first kappa shape index (κ1) is 30.2. The van der Waals surface area contributed by atoms with Crippen molar-refractivity contribution in [1.82, 2.24) is 25.1 Å². The summed E-state index contributed by atoms with van der Waals surface area (Å²) < 4.78 is 34.6. The lowest BCUT2D eigenvalue weighted by atomic mass is 10.0. The fourth-order valence-corrected chi connectivity index (χ4v) is 6.27. The third-order valence-electron chi connectivity index (χ3n) is 6.89. The van der Waals surface area contributed by atoms with E-state index in [1.165, 1.54) is 40.6 Å². The summed E-state index contributed by atoms with van der Waals surface area (Å²) in [5, 5.41) is 19.7. The molecule has 2 aromatic heterocycles. The summed E-state index contributed by atoms with van der Waals surface area (Å²) in [7, 11) is 0. The van der Waals surface area contributed by atoms with Gasteiger partial charge in [0.05, 0.1) is 28.9 Å². The van der Waals surface area contributed by atoms with Crippen LogP contribution in [-0.2, 0) is 16.1 Å². The monoisotopic (exact) mass is 644 g/mol. The second-order valence-electron chi connectivity index (χ2n) is 9.91. The maximum atomic E-state index is 13.8. The second-order valence-corrected chi connectivity index (χ2v) is 11.8. The van der Waals surface area contributed by atoms with Crippen LogP contribution in [0.2, 0.25) is 0 Å². The Morgan fingerprint density at radius 3 is 2.38 bits per heavy atom. The SMILES string of the molecule is O=C(COc1ccccc1)NCc1nnc(SCC(=O)N2N=C(c3cccs3)C[C@@H]2c2ccc(F)cc2)n1-c1ccc(F)cc1. The van der Waals surface area contributed by atoms with Crippen molar-refractivity contribution in [2.24, 2.45) is 5.10 Å². The largest absolute Gasteiger partial charge is 0.484 e. The normalized spacial score (nSPS) is 14.3. The van der Waals surface area contributed by atoms with Crippen LogP contribution in [0.1, 0.15) is 28.7 Å². The highest BCUT2D eigenvalue weighted by molar-refractivity contribution is 7.99. The Bertz CT molecular complexity index is 1800. The van der Waals surface area contributed by atoms with Crippen molar-refractivity contribution >= 4 is 40.6 Å². The molecule has 0 aliphatic carbocycles. The highest BCUT2D eigenvalue weighted by Gasteiger charge is 2.33. The molecule has 3 heterocycles. The quantitative estimate of drug-likeness (QED) is 0.183. The number of aromatic nitrogens is 3. The Labute approximate surface area is 265 Å². The maximum absolute atomic E-state index is 13.8. The third-order valence-corrected chi connectivity index (χ3v) is 8.73. The Morgan fingerprint density at radius 2 is 1.67 bits per heavy atom. The van der Waals surface area contributed by atoms with E-state index < -0.39 is 11.9 Å². The van der Waals surface area contributed by atoms with E-state index in [9.17, 15) is 18.4 Å². The number of benzene rings is 3. The summed E-state index contributed by atoms with van der Waals surface area (Å²) in [5.74, 6) is -0.496. The molecule has 6 rings (SSSR count). The lowest BCUT2D eigenvalue weighted by molar-refractivity contribution is -0.130. The number of hydrogen-bond donors (Lipinski definition) is 1. The average Bonchev–Trinajstić information content (AvgIpc) is 3.83. The van der Waals surface area contributed by atoms with Crippen LogP contribution >= 0.6 is 23.1 Å². The van der Waals surface area contributed by atoms with Gasteiger partial charge in [-0.25, -0.2) is 13.8 Å². The van der Waals surface area contributed by atoms with Crippen LogP contribution in [0.5, 0.6) is 5.75 Å². The minimum atomic E-state index is -0.413. The van der Waals surface area contributed by atoms with Crippen molar-refractivity contribution in [3.63, 3.8) is 0 Å². The predicted octanol–water partition coefficient (Wildman–Crippen LogP) is 5.77. The van der Waals surface area contributed by atoms with Gasteiger partial charge in [0.1, 0.15) is 17.4 Å². The number of rotatable bonds is 11. The Balaban J connectivity index is 1.18. The van der Waals surface area contributed by atoms with E-state index in [-0.39, 0.29) is 36.5 Å². The first-order valence-electron chi connectivity index (χ1n) is 13.9. The van der Waals surface area contributed by atoms with Gasteiger partial charge in [0, 0.05) is 12.1 Å². The Morgan fingerprint density at radius 1 is 0.933 bits per heavy atom. The zero-order valence-electron chi connectivity index (χ0n) is 23.7. The summed E-state index contributed by atoms with van der Waals surface area (Å²) in [6.07, 6.45) is 0.492. The van der Waals surface area contributed by atoms with Crippen LogP contribution in [0.25, 0.3) is 5.69 Å². The van der Waals surface area contributed by atoms with Crippen LogP contribution in [0, 0.1) is 11.6 Å². The average molecular weight is 645 g/mol. The summed E-state index contributed by atoms with van der Waals surface area (Å²) >= 11 is 2.68. The third kappa shape index (κ3) is 7.27. The van der Waals surface area contributed by atoms with Gasteiger partial charge in [-0.05, 0) is 65.5 Å². The summed E-state index contributed by atoms with van der Waals surface area (Å²) in [6, 6.07) is 24.3. The number of amides is 2. The number of halogens is 2. The van der Waals surface area contributed by atoms with Gasteiger partial charge >= 0.3 is 0 Å². The fraction of sp³-hybridized carbons (Fsp3) is 0.156. The molecule has 0 saturated carbocycles. The van der Waals surface area contributed by atoms with E-state index in [1.807, 2.05) is 35.7 Å². The highest BCUT2D eigenvalue weighted by atomic mass is 32.2.